The van der Waals surface area contributed by atoms with E-state index in [4.69, 9.17) is 14.2 Å². The van der Waals surface area contributed by atoms with E-state index in [-0.39, 0.29) is 25.2 Å². The largest absolute Gasteiger partial charge is 0.475 e. The van der Waals surface area contributed by atoms with Crippen molar-refractivity contribution >= 4 is 22.3 Å². The van der Waals surface area contributed by atoms with E-state index in [2.05, 4.69) is 4.74 Å². The molecule has 0 bridgehead atoms. The third-order valence-corrected chi connectivity index (χ3v) is 5.91. The molecule has 4 rings (SSSR count). The number of aromatic nitrogens is 2. The van der Waals surface area contributed by atoms with Crippen LogP contribution in [0.4, 0.5) is 32.6 Å². The number of alkyl halides is 3. The summed E-state index contributed by atoms with van der Waals surface area (Å²) in [6.07, 6.45) is -8.38. The van der Waals surface area contributed by atoms with E-state index < -0.39 is 68.7 Å². The number of carbonyl (C=O) groups excluding carboxylic acids is 1. The van der Waals surface area contributed by atoms with E-state index >= 15 is 0 Å². The number of aryl methyl sites for hydroxylation is 1. The van der Waals surface area contributed by atoms with Gasteiger partial charge in [0.2, 0.25) is 6.10 Å². The van der Waals surface area contributed by atoms with Crippen LogP contribution in [-0.2, 0) is 9.53 Å². The van der Waals surface area contributed by atoms with Crippen molar-refractivity contribution in [3.05, 3.63) is 28.8 Å². The number of carbonyl (C=O) groups is 1. The highest BCUT2D eigenvalue weighted by Gasteiger charge is 2.65. The van der Waals surface area contributed by atoms with Crippen LogP contribution in [0.5, 0.6) is 5.75 Å². The molecule has 1 aromatic carbocycles. The number of β-amino-alcohol motifs (C(OH)–C–C–N with tert-alkyl or cyclic N) is 1. The number of aliphatic hydroxyl groups is 1. The molecule has 1 aromatic heterocycles. The van der Waals surface area contributed by atoms with Gasteiger partial charge in [0.1, 0.15) is 15.7 Å². The minimum atomic E-state index is -10.2. The van der Waals surface area contributed by atoms with Crippen LogP contribution in [0.3, 0.4) is 0 Å². The van der Waals surface area contributed by atoms with E-state index in [1.54, 1.807) is 0 Å². The zero-order valence-electron chi connectivity index (χ0n) is 16.8. The quantitative estimate of drug-likeness (QED) is 0.348. The summed E-state index contributed by atoms with van der Waals surface area (Å²) in [5, 5.41) is 11.3. The van der Waals surface area contributed by atoms with E-state index in [9.17, 15) is 42.5 Å². The first-order valence-corrected chi connectivity index (χ1v) is 11.1. The second-order valence-corrected chi connectivity index (χ2v) is 9.95. The van der Waals surface area contributed by atoms with Crippen molar-refractivity contribution in [1.29, 1.82) is 0 Å². The summed E-state index contributed by atoms with van der Waals surface area (Å²) >= 11 is 0. The number of aliphatic hydroxyl groups excluding tert-OH is 1. The predicted molar refractivity (Wildman–Crippen MR) is 97.2 cm³/mol. The van der Waals surface area contributed by atoms with E-state index in [1.807, 2.05) is 0 Å². The monoisotopic (exact) mass is 529 g/mol. The second-order valence-electron chi connectivity index (χ2n) is 7.54. The number of nitrogens with zero attached hydrogens (tertiary/aromatic N) is 3. The van der Waals surface area contributed by atoms with Gasteiger partial charge in [-0.05, 0) is 30.7 Å². The van der Waals surface area contributed by atoms with Crippen molar-refractivity contribution in [2.75, 3.05) is 24.9 Å². The molecule has 1 fully saturated rings. The van der Waals surface area contributed by atoms with Gasteiger partial charge in [-0.1, -0.05) is 19.4 Å². The number of ether oxygens (including phenoxy) is 2. The van der Waals surface area contributed by atoms with Crippen molar-refractivity contribution < 1.29 is 61.4 Å². The van der Waals surface area contributed by atoms with Crippen LogP contribution in [0.2, 0.25) is 0 Å². The molecule has 3 heterocycles. The van der Waals surface area contributed by atoms with Gasteiger partial charge in [0.15, 0.2) is 0 Å². The molecule has 1 N–H and O–H groups in total. The molecule has 0 spiro atoms. The molecule has 2 aliphatic heterocycles. The van der Waals surface area contributed by atoms with Gasteiger partial charge >= 0.3 is 22.4 Å². The molecule has 0 amide bonds. The van der Waals surface area contributed by atoms with Crippen LogP contribution in [0.1, 0.15) is 11.1 Å². The maximum absolute atomic E-state index is 13.5. The summed E-state index contributed by atoms with van der Waals surface area (Å²) < 4.78 is 121. The Morgan fingerprint density at radius 2 is 1.85 bits per heavy atom. The Morgan fingerprint density at radius 1 is 1.21 bits per heavy atom. The highest BCUT2D eigenvalue weighted by Crippen LogP contribution is 3.02. The summed E-state index contributed by atoms with van der Waals surface area (Å²) in [7, 11) is -10.2. The summed E-state index contributed by atoms with van der Waals surface area (Å²) in [6, 6.07) is -0.116. The first kappa shape index (κ1) is 24.1. The SMILES string of the molecule is Cc1cc(S(F)(F)(F)(F)F)cc2c1OC(C(F)(F)F)C(C(=O)OCOn1on1N1CC(O)C1)=C2. The Labute approximate surface area is 184 Å². The number of fused-ring (bicyclic) bond motifs is 1. The fraction of sp³-hybridized carbons (Fsp3) is 0.438. The molecule has 0 aliphatic carbocycles. The van der Waals surface area contributed by atoms with E-state index in [0.717, 1.165) is 11.9 Å². The topological polar surface area (TPSA) is 91.2 Å². The molecular formula is C16H15F8N3O6S. The lowest BCUT2D eigenvalue weighted by Gasteiger charge is -2.41. The third kappa shape index (κ3) is 4.77. The van der Waals surface area contributed by atoms with Gasteiger partial charge in [0, 0.05) is 5.56 Å². The zero-order valence-corrected chi connectivity index (χ0v) is 17.6. The lowest BCUT2D eigenvalue weighted by atomic mass is 9.99. The lowest BCUT2D eigenvalue weighted by molar-refractivity contribution is -0.190. The molecule has 0 saturated carbocycles. The molecule has 2 aromatic rings. The number of hydrogen-bond acceptors (Lipinski definition) is 7. The molecule has 1 saturated heterocycles. The first-order valence-electron chi connectivity index (χ1n) is 9.18. The second kappa shape index (κ2) is 6.77. The first-order chi connectivity index (χ1) is 15.3. The van der Waals surface area contributed by atoms with E-state index in [0.29, 0.717) is 11.1 Å². The van der Waals surface area contributed by atoms with Gasteiger partial charge in [0.25, 0.3) is 6.79 Å². The minimum absolute atomic E-state index is 0.0220. The van der Waals surface area contributed by atoms with Gasteiger partial charge < -0.3 is 19.4 Å². The summed E-state index contributed by atoms with van der Waals surface area (Å²) in [6.45, 7) is 0.288. The number of hydrogen-bond donors (Lipinski definition) is 1. The maximum atomic E-state index is 13.5. The average molecular weight is 529 g/mol. The Hall–Kier alpha value is -3.02. The van der Waals surface area contributed by atoms with Crippen molar-refractivity contribution in [3.8, 4) is 5.75 Å². The summed E-state index contributed by atoms with van der Waals surface area (Å²) in [4.78, 5) is 15.7. The van der Waals surface area contributed by atoms with Gasteiger partial charge in [0.05, 0.1) is 29.7 Å². The van der Waals surface area contributed by atoms with Crippen LogP contribution >= 0.6 is 10.2 Å². The van der Waals surface area contributed by atoms with Gasteiger partial charge in [-0.3, -0.25) is 5.01 Å². The average Bonchev–Trinajstić information content (AvgIpc) is 3.40. The van der Waals surface area contributed by atoms with E-state index in [1.165, 1.54) is 5.01 Å². The Morgan fingerprint density at radius 3 is 2.41 bits per heavy atom. The molecule has 0 radical (unpaired) electrons. The highest BCUT2D eigenvalue weighted by molar-refractivity contribution is 8.45. The molecular weight excluding hydrogens is 514 g/mol. The van der Waals surface area contributed by atoms with Gasteiger partial charge in [-0.15, -0.1) is 0 Å². The molecule has 2 aliphatic rings. The number of benzene rings is 1. The van der Waals surface area contributed by atoms with Crippen molar-refractivity contribution in [2.24, 2.45) is 0 Å². The highest BCUT2D eigenvalue weighted by atomic mass is 32.5. The normalized spacial score (nSPS) is 21.1. The van der Waals surface area contributed by atoms with Gasteiger partial charge in [-0.2, -0.15) is 17.8 Å². The molecule has 9 nitrogen and oxygen atoms in total. The Kier molecular flexibility index (Phi) is 4.80. The number of halogens is 8. The molecule has 34 heavy (non-hydrogen) atoms. The lowest BCUT2D eigenvalue weighted by Crippen LogP contribution is -2.55. The standard InChI is InChI=1S/C16H15F8N3O6S/c1-8-2-11(34(20,21,22,23)24)3-9-4-12(14(16(17,18)19)32-13(8)9)15(29)30-7-31-27-26(33-27)25-5-10(28)6-25/h2-4,10,14,28H,5-7H2,1H3. The van der Waals surface area contributed by atoms with Gasteiger partial charge in [-0.25, -0.2) is 4.79 Å². The van der Waals surface area contributed by atoms with Crippen LogP contribution in [0.15, 0.2) is 27.2 Å². The zero-order chi connectivity index (χ0) is 25.3. The minimum Gasteiger partial charge on any atom is -0.475 e. The molecule has 1 atom stereocenters. The van der Waals surface area contributed by atoms with Crippen LogP contribution in [0.25, 0.3) is 6.08 Å². The van der Waals surface area contributed by atoms with Crippen LogP contribution in [-0.4, -0.2) is 59.3 Å². The Balaban J connectivity index is 1.56. The predicted octanol–water partition coefficient (Wildman–Crippen LogP) is 3.50. The van der Waals surface area contributed by atoms with Crippen molar-refractivity contribution in [1.82, 2.24) is 9.98 Å². The number of rotatable bonds is 6. The molecule has 18 heteroatoms. The van der Waals surface area contributed by atoms with Crippen molar-refractivity contribution in [3.63, 3.8) is 0 Å². The smallest absolute Gasteiger partial charge is 0.430 e. The Bertz CT molecular complexity index is 1160. The fourth-order valence-electron chi connectivity index (χ4n) is 3.15. The molecule has 192 valence electrons. The summed E-state index contributed by atoms with van der Waals surface area (Å²) in [5.74, 6) is -2.43. The maximum Gasteiger partial charge on any atom is 0.430 e. The fourth-order valence-corrected chi connectivity index (χ4v) is 3.90. The molecule has 1 unspecified atom stereocenters. The van der Waals surface area contributed by atoms with Crippen LogP contribution < -0.4 is 14.6 Å². The third-order valence-electron chi connectivity index (χ3n) is 4.78. The van der Waals surface area contributed by atoms with Crippen LogP contribution in [0, 0.1) is 6.92 Å². The van der Waals surface area contributed by atoms with Crippen molar-refractivity contribution in [2.45, 2.75) is 30.2 Å². The summed E-state index contributed by atoms with van der Waals surface area (Å²) in [5.41, 5.74) is -2.73. The number of esters is 1.